The second-order valence-corrected chi connectivity index (χ2v) is 9.28. The SMILES string of the molecule is COc1cccnc1-c1nc(C(N)=O)c(Nc2ccc(CN3CCOCC3)cc2)nc1NC1CCOCC1. The molecular formula is C27H33N7O4. The number of primary amides is 1. The van der Waals surface area contributed by atoms with Gasteiger partial charge >= 0.3 is 0 Å². The molecule has 0 spiro atoms. The minimum Gasteiger partial charge on any atom is -0.494 e. The number of hydrogen-bond donors (Lipinski definition) is 3. The van der Waals surface area contributed by atoms with Crippen LogP contribution in [0, 0.1) is 0 Å². The first-order chi connectivity index (χ1) is 18.6. The summed E-state index contributed by atoms with van der Waals surface area (Å²) in [7, 11) is 1.56. The molecule has 4 heterocycles. The van der Waals surface area contributed by atoms with Crippen LogP contribution in [0.15, 0.2) is 42.6 Å². The highest BCUT2D eigenvalue weighted by molar-refractivity contribution is 5.97. The number of carbonyl (C=O) groups excluding carboxylic acids is 1. The number of methoxy groups -OCH3 is 1. The van der Waals surface area contributed by atoms with Crippen molar-refractivity contribution in [3.8, 4) is 17.1 Å². The molecule has 0 aliphatic carbocycles. The van der Waals surface area contributed by atoms with Crippen LogP contribution < -0.4 is 21.1 Å². The van der Waals surface area contributed by atoms with E-state index in [1.807, 2.05) is 12.1 Å². The number of aromatic nitrogens is 3. The van der Waals surface area contributed by atoms with Crippen LogP contribution in [-0.2, 0) is 16.0 Å². The third-order valence-corrected chi connectivity index (χ3v) is 6.63. The molecule has 0 unspecified atom stereocenters. The number of benzene rings is 1. The number of amides is 1. The van der Waals surface area contributed by atoms with Gasteiger partial charge in [-0.05, 0) is 42.7 Å². The minimum absolute atomic E-state index is 0.0163. The average Bonchev–Trinajstić information content (AvgIpc) is 2.95. The maximum Gasteiger partial charge on any atom is 0.271 e. The smallest absolute Gasteiger partial charge is 0.271 e. The molecule has 0 atom stereocenters. The van der Waals surface area contributed by atoms with Gasteiger partial charge in [0.15, 0.2) is 17.3 Å². The quantitative estimate of drug-likeness (QED) is 0.387. The van der Waals surface area contributed by atoms with Crippen LogP contribution in [-0.4, -0.2) is 78.4 Å². The lowest BCUT2D eigenvalue weighted by atomic mass is 10.1. The van der Waals surface area contributed by atoms with Gasteiger partial charge in [-0.3, -0.25) is 14.7 Å². The van der Waals surface area contributed by atoms with Gasteiger partial charge in [0, 0.05) is 50.8 Å². The van der Waals surface area contributed by atoms with E-state index in [0.717, 1.165) is 51.4 Å². The summed E-state index contributed by atoms with van der Waals surface area (Å²) in [6.07, 6.45) is 3.29. The summed E-state index contributed by atoms with van der Waals surface area (Å²) in [4.78, 5) is 28.8. The van der Waals surface area contributed by atoms with E-state index >= 15 is 0 Å². The number of nitrogens with one attached hydrogen (secondary N) is 2. The molecule has 38 heavy (non-hydrogen) atoms. The molecular weight excluding hydrogens is 486 g/mol. The van der Waals surface area contributed by atoms with Gasteiger partial charge in [-0.25, -0.2) is 9.97 Å². The van der Waals surface area contributed by atoms with Gasteiger partial charge in [-0.1, -0.05) is 12.1 Å². The van der Waals surface area contributed by atoms with Gasteiger partial charge in [0.1, 0.15) is 17.1 Å². The van der Waals surface area contributed by atoms with Crippen molar-refractivity contribution in [3.05, 3.63) is 53.9 Å². The van der Waals surface area contributed by atoms with E-state index in [2.05, 4.69) is 37.6 Å². The van der Waals surface area contributed by atoms with Crippen molar-refractivity contribution in [2.24, 2.45) is 5.73 Å². The summed E-state index contributed by atoms with van der Waals surface area (Å²) >= 11 is 0. The summed E-state index contributed by atoms with van der Waals surface area (Å²) in [5.74, 6) is 0.582. The first-order valence-electron chi connectivity index (χ1n) is 12.8. The van der Waals surface area contributed by atoms with Gasteiger partial charge in [-0.2, -0.15) is 0 Å². The first-order valence-corrected chi connectivity index (χ1v) is 12.8. The maximum absolute atomic E-state index is 12.5. The Morgan fingerprint density at radius 2 is 1.76 bits per heavy atom. The largest absolute Gasteiger partial charge is 0.494 e. The number of morpholine rings is 1. The first kappa shape index (κ1) is 25.8. The molecule has 1 aromatic carbocycles. The third-order valence-electron chi connectivity index (χ3n) is 6.63. The lowest BCUT2D eigenvalue weighted by molar-refractivity contribution is 0.0342. The van der Waals surface area contributed by atoms with Crippen molar-refractivity contribution < 1.29 is 19.0 Å². The highest BCUT2D eigenvalue weighted by Crippen LogP contribution is 2.34. The van der Waals surface area contributed by atoms with E-state index in [9.17, 15) is 4.79 Å². The number of pyridine rings is 1. The molecule has 0 radical (unpaired) electrons. The molecule has 1 amide bonds. The Hall–Kier alpha value is -3.80. The molecule has 11 heteroatoms. The summed E-state index contributed by atoms with van der Waals surface area (Å²) in [5.41, 5.74) is 8.61. The van der Waals surface area contributed by atoms with E-state index in [-0.39, 0.29) is 17.6 Å². The summed E-state index contributed by atoms with van der Waals surface area (Å²) in [5, 5.41) is 6.73. The minimum atomic E-state index is -0.697. The summed E-state index contributed by atoms with van der Waals surface area (Å²) in [6.45, 7) is 5.55. The van der Waals surface area contributed by atoms with Crippen molar-refractivity contribution in [1.82, 2.24) is 19.9 Å². The van der Waals surface area contributed by atoms with E-state index in [0.29, 0.717) is 36.2 Å². The normalized spacial score (nSPS) is 16.7. The van der Waals surface area contributed by atoms with Crippen LogP contribution in [0.1, 0.15) is 28.9 Å². The second-order valence-electron chi connectivity index (χ2n) is 9.28. The highest BCUT2D eigenvalue weighted by atomic mass is 16.5. The molecule has 2 aliphatic rings. The van der Waals surface area contributed by atoms with Gasteiger partial charge < -0.3 is 30.6 Å². The Morgan fingerprint density at radius 1 is 1.03 bits per heavy atom. The summed E-state index contributed by atoms with van der Waals surface area (Å²) in [6, 6.07) is 11.7. The average molecular weight is 520 g/mol. The molecule has 0 bridgehead atoms. The van der Waals surface area contributed by atoms with Gasteiger partial charge in [0.25, 0.3) is 5.91 Å². The number of nitrogens with zero attached hydrogens (tertiary/aromatic N) is 4. The van der Waals surface area contributed by atoms with E-state index in [1.165, 1.54) is 5.56 Å². The fraction of sp³-hybridized carbons (Fsp3) is 0.407. The summed E-state index contributed by atoms with van der Waals surface area (Å²) < 4.78 is 16.5. The zero-order valence-corrected chi connectivity index (χ0v) is 21.5. The van der Waals surface area contributed by atoms with Crippen LogP contribution in [0.3, 0.4) is 0 Å². The number of ether oxygens (including phenoxy) is 3. The molecule has 0 saturated carbocycles. The van der Waals surface area contributed by atoms with Crippen LogP contribution >= 0.6 is 0 Å². The van der Waals surface area contributed by atoms with Gasteiger partial charge in [-0.15, -0.1) is 0 Å². The fourth-order valence-corrected chi connectivity index (χ4v) is 4.58. The number of nitrogens with two attached hydrogens (primary N) is 1. The molecule has 11 nitrogen and oxygen atoms in total. The van der Waals surface area contributed by atoms with Gasteiger partial charge in [0.05, 0.1) is 20.3 Å². The molecule has 5 rings (SSSR count). The van der Waals surface area contributed by atoms with Crippen molar-refractivity contribution in [2.45, 2.75) is 25.4 Å². The van der Waals surface area contributed by atoms with Crippen LogP contribution in [0.25, 0.3) is 11.4 Å². The van der Waals surface area contributed by atoms with E-state index in [1.54, 1.807) is 25.4 Å². The van der Waals surface area contributed by atoms with Crippen molar-refractivity contribution in [2.75, 3.05) is 57.3 Å². The molecule has 2 fully saturated rings. The fourth-order valence-electron chi connectivity index (χ4n) is 4.58. The van der Waals surface area contributed by atoms with Crippen LogP contribution in [0.4, 0.5) is 17.3 Å². The molecule has 200 valence electrons. The van der Waals surface area contributed by atoms with E-state index in [4.69, 9.17) is 24.9 Å². The molecule has 4 N–H and O–H groups in total. The van der Waals surface area contributed by atoms with Crippen molar-refractivity contribution in [3.63, 3.8) is 0 Å². The number of anilines is 3. The van der Waals surface area contributed by atoms with Crippen molar-refractivity contribution >= 4 is 23.2 Å². The Labute approximate surface area is 221 Å². The van der Waals surface area contributed by atoms with E-state index < -0.39 is 5.91 Å². The van der Waals surface area contributed by atoms with Crippen LogP contribution in [0.5, 0.6) is 5.75 Å². The molecule has 3 aromatic rings. The maximum atomic E-state index is 12.5. The highest BCUT2D eigenvalue weighted by Gasteiger charge is 2.24. The second kappa shape index (κ2) is 12.2. The zero-order chi connectivity index (χ0) is 26.3. The van der Waals surface area contributed by atoms with Gasteiger partial charge in [0.2, 0.25) is 0 Å². The lowest BCUT2D eigenvalue weighted by Crippen LogP contribution is -2.35. The molecule has 2 aromatic heterocycles. The topological polar surface area (TPSA) is 137 Å². The zero-order valence-electron chi connectivity index (χ0n) is 21.5. The van der Waals surface area contributed by atoms with Crippen molar-refractivity contribution in [1.29, 1.82) is 0 Å². The molecule has 2 aliphatic heterocycles. The monoisotopic (exact) mass is 519 g/mol. The third kappa shape index (κ3) is 6.18. The lowest BCUT2D eigenvalue weighted by Gasteiger charge is -2.26. The molecule has 2 saturated heterocycles. The number of carbonyl (C=O) groups is 1. The number of rotatable bonds is 9. The Bertz CT molecular complexity index is 1240. The van der Waals surface area contributed by atoms with Crippen LogP contribution in [0.2, 0.25) is 0 Å². The predicted octanol–water partition coefficient (Wildman–Crippen LogP) is 2.81. The Kier molecular flexibility index (Phi) is 8.27. The standard InChI is InChI=1S/C27H33N7O4/c1-36-21-3-2-10-29-22(21)23-26(31-20-8-13-37-14-9-20)33-27(24(32-23)25(28)35)30-19-6-4-18(5-7-19)17-34-11-15-38-16-12-34/h2-7,10,20H,8-9,11-17H2,1H3,(H2,28,35)(H2,30,31,33). The Balaban J connectivity index is 1.46. The Morgan fingerprint density at radius 3 is 2.47 bits per heavy atom. The number of hydrogen-bond acceptors (Lipinski definition) is 10. The predicted molar refractivity (Wildman–Crippen MR) is 144 cm³/mol.